The van der Waals surface area contributed by atoms with Crippen molar-refractivity contribution in [2.24, 2.45) is 0 Å². The topological polar surface area (TPSA) is 40.6 Å². The van der Waals surface area contributed by atoms with E-state index in [0.717, 1.165) is 16.0 Å². The van der Waals surface area contributed by atoms with Crippen molar-refractivity contribution in [3.8, 4) is 0 Å². The van der Waals surface area contributed by atoms with Gasteiger partial charge in [0, 0.05) is 18.0 Å². The Labute approximate surface area is 174 Å². The number of benzene rings is 2. The number of likely N-dealkylation sites (N-methyl/N-ethyl adjacent to an activating group) is 1. The molecule has 5 heteroatoms. The van der Waals surface area contributed by atoms with Gasteiger partial charge in [-0.2, -0.15) is 0 Å². The zero-order valence-corrected chi connectivity index (χ0v) is 17.1. The Morgan fingerprint density at radius 3 is 2.07 bits per heavy atom. The predicted octanol–water partition coefficient (Wildman–Crippen LogP) is 4.55. The Morgan fingerprint density at radius 2 is 1.48 bits per heavy atom. The minimum atomic E-state index is -0.222. The highest BCUT2D eigenvalue weighted by atomic mass is 32.1. The van der Waals surface area contributed by atoms with Gasteiger partial charge in [-0.15, -0.1) is 11.3 Å². The van der Waals surface area contributed by atoms with E-state index in [4.69, 9.17) is 0 Å². The van der Waals surface area contributed by atoms with Crippen molar-refractivity contribution >= 4 is 28.7 Å². The first-order valence-corrected chi connectivity index (χ1v) is 10.5. The molecule has 0 saturated carbocycles. The fourth-order valence-electron chi connectivity index (χ4n) is 3.56. The molecule has 3 aromatic rings. The SMILES string of the molecule is CCN(Cc1ccccc1)C1=C(c2cccs2)C(=O)N(Cc2ccccc2)C1=O. The van der Waals surface area contributed by atoms with E-state index in [1.54, 1.807) is 0 Å². The Balaban J connectivity index is 1.72. The summed E-state index contributed by atoms with van der Waals surface area (Å²) in [6, 6.07) is 23.5. The van der Waals surface area contributed by atoms with Gasteiger partial charge in [0.1, 0.15) is 5.70 Å². The summed E-state index contributed by atoms with van der Waals surface area (Å²) in [6.07, 6.45) is 0. The molecule has 2 aromatic carbocycles. The van der Waals surface area contributed by atoms with E-state index in [1.165, 1.54) is 16.2 Å². The fourth-order valence-corrected chi connectivity index (χ4v) is 4.32. The minimum Gasteiger partial charge on any atom is -0.362 e. The van der Waals surface area contributed by atoms with Crippen LogP contribution >= 0.6 is 11.3 Å². The molecule has 0 aliphatic carbocycles. The molecule has 0 saturated heterocycles. The molecule has 0 unspecified atom stereocenters. The molecule has 146 valence electrons. The van der Waals surface area contributed by atoms with E-state index in [2.05, 4.69) is 0 Å². The lowest BCUT2D eigenvalue weighted by molar-refractivity contribution is -0.138. The van der Waals surface area contributed by atoms with E-state index >= 15 is 0 Å². The molecule has 1 aromatic heterocycles. The molecule has 0 radical (unpaired) electrons. The van der Waals surface area contributed by atoms with Gasteiger partial charge in [0.2, 0.25) is 0 Å². The first-order valence-electron chi connectivity index (χ1n) is 9.66. The summed E-state index contributed by atoms with van der Waals surface area (Å²) in [5.41, 5.74) is 3.06. The highest BCUT2D eigenvalue weighted by Crippen LogP contribution is 2.35. The first kappa shape index (κ1) is 19.2. The molecule has 0 spiro atoms. The smallest absolute Gasteiger partial charge is 0.278 e. The lowest BCUT2D eigenvalue weighted by Gasteiger charge is -2.25. The molecule has 29 heavy (non-hydrogen) atoms. The maximum Gasteiger partial charge on any atom is 0.278 e. The van der Waals surface area contributed by atoms with Gasteiger partial charge < -0.3 is 4.90 Å². The second-order valence-electron chi connectivity index (χ2n) is 6.88. The number of nitrogens with zero attached hydrogens (tertiary/aromatic N) is 2. The summed E-state index contributed by atoms with van der Waals surface area (Å²) in [7, 11) is 0. The van der Waals surface area contributed by atoms with Crippen LogP contribution in [0.1, 0.15) is 22.9 Å². The predicted molar refractivity (Wildman–Crippen MR) is 116 cm³/mol. The van der Waals surface area contributed by atoms with Crippen molar-refractivity contribution in [2.75, 3.05) is 6.54 Å². The van der Waals surface area contributed by atoms with Crippen LogP contribution in [0.2, 0.25) is 0 Å². The third kappa shape index (κ3) is 3.87. The monoisotopic (exact) mass is 402 g/mol. The number of hydrogen-bond acceptors (Lipinski definition) is 4. The van der Waals surface area contributed by atoms with Gasteiger partial charge in [0.15, 0.2) is 0 Å². The van der Waals surface area contributed by atoms with Crippen LogP contribution in [-0.2, 0) is 22.7 Å². The standard InChI is InChI=1S/C24H22N2O2S/c1-2-25(16-18-10-5-3-6-11-18)22-21(20-14-9-15-29-20)23(27)26(24(22)28)17-19-12-7-4-8-13-19/h3-15H,2,16-17H2,1H3. The van der Waals surface area contributed by atoms with Gasteiger partial charge in [0.25, 0.3) is 11.8 Å². The summed E-state index contributed by atoms with van der Waals surface area (Å²) in [5.74, 6) is -0.442. The van der Waals surface area contributed by atoms with E-state index in [0.29, 0.717) is 24.4 Å². The number of hydrogen-bond donors (Lipinski definition) is 0. The van der Waals surface area contributed by atoms with Crippen LogP contribution in [0, 0.1) is 0 Å². The van der Waals surface area contributed by atoms with Gasteiger partial charge in [-0.05, 0) is 29.5 Å². The number of imide groups is 1. The zero-order valence-electron chi connectivity index (χ0n) is 16.2. The quantitative estimate of drug-likeness (QED) is 0.545. The molecule has 1 aliphatic rings. The van der Waals surface area contributed by atoms with Crippen LogP contribution in [0.5, 0.6) is 0 Å². The van der Waals surface area contributed by atoms with Crippen molar-refractivity contribution in [2.45, 2.75) is 20.0 Å². The Kier molecular flexibility index (Phi) is 5.58. The number of thiophene rings is 1. The molecule has 1 aliphatic heterocycles. The van der Waals surface area contributed by atoms with Crippen LogP contribution in [0.15, 0.2) is 83.9 Å². The summed E-state index contributed by atoms with van der Waals surface area (Å²) in [6.45, 7) is 3.51. The molecule has 0 N–H and O–H groups in total. The molecule has 0 fully saturated rings. The van der Waals surface area contributed by atoms with Crippen LogP contribution in [0.4, 0.5) is 0 Å². The molecule has 0 atom stereocenters. The Morgan fingerprint density at radius 1 is 0.828 bits per heavy atom. The third-order valence-electron chi connectivity index (χ3n) is 5.01. The number of rotatable bonds is 7. The second-order valence-corrected chi connectivity index (χ2v) is 7.83. The van der Waals surface area contributed by atoms with Crippen molar-refractivity contribution in [3.63, 3.8) is 0 Å². The van der Waals surface area contributed by atoms with Gasteiger partial charge in [-0.3, -0.25) is 14.5 Å². The van der Waals surface area contributed by atoms with Gasteiger partial charge in [0.05, 0.1) is 12.1 Å². The molecule has 2 heterocycles. The Hall–Kier alpha value is -3.18. The highest BCUT2D eigenvalue weighted by Gasteiger charge is 2.41. The van der Waals surface area contributed by atoms with Crippen molar-refractivity contribution in [1.29, 1.82) is 0 Å². The van der Waals surface area contributed by atoms with E-state index in [9.17, 15) is 9.59 Å². The number of carbonyl (C=O) groups excluding carboxylic acids is 2. The summed E-state index contributed by atoms with van der Waals surface area (Å²) in [5, 5.41) is 1.94. The summed E-state index contributed by atoms with van der Waals surface area (Å²) in [4.78, 5) is 31.0. The van der Waals surface area contributed by atoms with Crippen LogP contribution in [0.25, 0.3) is 5.57 Å². The summed E-state index contributed by atoms with van der Waals surface area (Å²) >= 11 is 1.49. The average molecular weight is 403 g/mol. The van der Waals surface area contributed by atoms with Crippen molar-refractivity contribution in [3.05, 3.63) is 99.9 Å². The maximum absolute atomic E-state index is 13.4. The largest absolute Gasteiger partial charge is 0.362 e. The molecular weight excluding hydrogens is 380 g/mol. The Bertz CT molecular complexity index is 1030. The van der Waals surface area contributed by atoms with Crippen LogP contribution in [0.3, 0.4) is 0 Å². The number of amides is 2. The summed E-state index contributed by atoms with van der Waals surface area (Å²) < 4.78 is 0. The second kappa shape index (κ2) is 8.45. The third-order valence-corrected chi connectivity index (χ3v) is 5.90. The molecule has 4 rings (SSSR count). The zero-order chi connectivity index (χ0) is 20.2. The normalized spacial score (nSPS) is 14.0. The van der Waals surface area contributed by atoms with Gasteiger partial charge in [-0.25, -0.2) is 0 Å². The lowest BCUT2D eigenvalue weighted by Crippen LogP contribution is -2.34. The fraction of sp³-hybridized carbons (Fsp3) is 0.167. The van der Waals surface area contributed by atoms with Crippen molar-refractivity contribution in [1.82, 2.24) is 9.80 Å². The van der Waals surface area contributed by atoms with E-state index in [1.807, 2.05) is 90.0 Å². The van der Waals surface area contributed by atoms with Gasteiger partial charge >= 0.3 is 0 Å². The highest BCUT2D eigenvalue weighted by molar-refractivity contribution is 7.11. The molecule has 4 nitrogen and oxygen atoms in total. The van der Waals surface area contributed by atoms with E-state index < -0.39 is 0 Å². The average Bonchev–Trinajstić information content (AvgIpc) is 3.36. The van der Waals surface area contributed by atoms with E-state index in [-0.39, 0.29) is 18.4 Å². The molecule has 2 amide bonds. The molecular formula is C24H22N2O2S. The lowest BCUT2D eigenvalue weighted by atomic mass is 10.1. The minimum absolute atomic E-state index is 0.220. The van der Waals surface area contributed by atoms with Crippen LogP contribution < -0.4 is 0 Å². The maximum atomic E-state index is 13.4. The first-order chi connectivity index (χ1) is 14.2. The number of carbonyl (C=O) groups is 2. The van der Waals surface area contributed by atoms with Gasteiger partial charge in [-0.1, -0.05) is 66.7 Å². The van der Waals surface area contributed by atoms with Crippen LogP contribution in [-0.4, -0.2) is 28.2 Å². The molecule has 0 bridgehead atoms. The van der Waals surface area contributed by atoms with Crippen molar-refractivity contribution < 1.29 is 9.59 Å².